The van der Waals surface area contributed by atoms with Crippen molar-refractivity contribution in [2.75, 3.05) is 13.2 Å². The molecule has 0 bridgehead atoms. The van der Waals surface area contributed by atoms with E-state index < -0.39 is 0 Å². The molecular weight excluding hydrogens is 188 g/mol. The second-order valence-corrected chi connectivity index (χ2v) is 3.90. The summed E-state index contributed by atoms with van der Waals surface area (Å²) in [6.45, 7) is 1.62. The lowest BCUT2D eigenvalue weighted by atomic mass is 10.2. The van der Waals surface area contributed by atoms with Crippen LogP contribution >= 0.6 is 0 Å². The van der Waals surface area contributed by atoms with E-state index in [4.69, 9.17) is 9.47 Å². The van der Waals surface area contributed by atoms with Crippen LogP contribution in [0.1, 0.15) is 24.8 Å². The van der Waals surface area contributed by atoms with Gasteiger partial charge in [-0.15, -0.1) is 0 Å². The van der Waals surface area contributed by atoms with Gasteiger partial charge in [0, 0.05) is 6.61 Å². The van der Waals surface area contributed by atoms with E-state index in [1.54, 1.807) is 0 Å². The molecule has 0 spiro atoms. The molecule has 0 aliphatic carbocycles. The summed E-state index contributed by atoms with van der Waals surface area (Å²) in [7, 11) is 0. The molecule has 0 N–H and O–H groups in total. The Hall–Kier alpha value is -0.860. The van der Waals surface area contributed by atoms with Gasteiger partial charge in [0.2, 0.25) is 0 Å². The number of hydrogen-bond donors (Lipinski definition) is 0. The highest BCUT2D eigenvalue weighted by Crippen LogP contribution is 2.13. The van der Waals surface area contributed by atoms with Gasteiger partial charge in [0.05, 0.1) is 6.61 Å². The van der Waals surface area contributed by atoms with Gasteiger partial charge in [0.15, 0.2) is 6.29 Å². The molecule has 15 heavy (non-hydrogen) atoms. The normalized spacial score (nSPS) is 21.5. The zero-order chi connectivity index (χ0) is 10.3. The van der Waals surface area contributed by atoms with Crippen molar-refractivity contribution >= 4 is 0 Å². The Labute approximate surface area is 91.2 Å². The van der Waals surface area contributed by atoms with Crippen molar-refractivity contribution in [3.63, 3.8) is 0 Å². The smallest absolute Gasteiger partial charge is 0.157 e. The van der Waals surface area contributed by atoms with Gasteiger partial charge in [-0.2, -0.15) is 0 Å². The number of benzene rings is 1. The Morgan fingerprint density at radius 1 is 1.20 bits per heavy atom. The number of rotatable bonds is 4. The molecule has 1 atom stereocenters. The summed E-state index contributed by atoms with van der Waals surface area (Å²) >= 11 is 0. The van der Waals surface area contributed by atoms with Crippen molar-refractivity contribution in [2.45, 2.75) is 32.0 Å². The Balaban J connectivity index is 1.66. The first kappa shape index (κ1) is 10.7. The van der Waals surface area contributed by atoms with Crippen LogP contribution in [0.25, 0.3) is 0 Å². The second-order valence-electron chi connectivity index (χ2n) is 3.90. The molecule has 1 fully saturated rings. The fourth-order valence-electron chi connectivity index (χ4n) is 1.80. The van der Waals surface area contributed by atoms with E-state index in [2.05, 4.69) is 24.3 Å². The van der Waals surface area contributed by atoms with Crippen LogP contribution in [-0.2, 0) is 15.9 Å². The monoisotopic (exact) mass is 206 g/mol. The molecule has 1 aromatic carbocycles. The third-order valence-electron chi connectivity index (χ3n) is 2.68. The predicted molar refractivity (Wildman–Crippen MR) is 59.7 cm³/mol. The van der Waals surface area contributed by atoms with Crippen molar-refractivity contribution in [1.29, 1.82) is 0 Å². The minimum Gasteiger partial charge on any atom is -0.353 e. The molecule has 1 aliphatic rings. The van der Waals surface area contributed by atoms with Crippen molar-refractivity contribution in [3.05, 3.63) is 35.9 Å². The van der Waals surface area contributed by atoms with Crippen LogP contribution in [0.3, 0.4) is 0 Å². The SMILES string of the molecule is c1ccc(CCO[C@H]2CCCCO2)cc1. The molecular formula is C13H18O2. The average Bonchev–Trinajstić information content (AvgIpc) is 2.32. The van der Waals surface area contributed by atoms with Gasteiger partial charge in [0.25, 0.3) is 0 Å². The van der Waals surface area contributed by atoms with Crippen LogP contribution in [0.5, 0.6) is 0 Å². The fourth-order valence-corrected chi connectivity index (χ4v) is 1.80. The third-order valence-corrected chi connectivity index (χ3v) is 2.68. The highest BCUT2D eigenvalue weighted by molar-refractivity contribution is 5.14. The van der Waals surface area contributed by atoms with E-state index in [0.717, 1.165) is 26.1 Å². The predicted octanol–water partition coefficient (Wildman–Crippen LogP) is 2.77. The maximum Gasteiger partial charge on any atom is 0.157 e. The fraction of sp³-hybridized carbons (Fsp3) is 0.538. The highest BCUT2D eigenvalue weighted by Gasteiger charge is 2.13. The molecule has 1 aromatic rings. The molecule has 1 aliphatic heterocycles. The summed E-state index contributed by atoms with van der Waals surface area (Å²) in [4.78, 5) is 0. The Bertz CT molecular complexity index is 265. The van der Waals surface area contributed by atoms with Gasteiger partial charge in [-0.1, -0.05) is 30.3 Å². The molecule has 1 saturated heterocycles. The third kappa shape index (κ3) is 3.65. The highest BCUT2D eigenvalue weighted by atomic mass is 16.7. The molecule has 1 heterocycles. The number of hydrogen-bond acceptors (Lipinski definition) is 2. The van der Waals surface area contributed by atoms with Crippen LogP contribution in [0.2, 0.25) is 0 Å². The van der Waals surface area contributed by atoms with Crippen molar-refractivity contribution < 1.29 is 9.47 Å². The van der Waals surface area contributed by atoms with Gasteiger partial charge < -0.3 is 9.47 Å². The zero-order valence-electron chi connectivity index (χ0n) is 9.02. The lowest BCUT2D eigenvalue weighted by Crippen LogP contribution is -2.23. The van der Waals surface area contributed by atoms with E-state index >= 15 is 0 Å². The van der Waals surface area contributed by atoms with Crippen molar-refractivity contribution in [2.24, 2.45) is 0 Å². The molecule has 0 unspecified atom stereocenters. The van der Waals surface area contributed by atoms with E-state index in [-0.39, 0.29) is 6.29 Å². The van der Waals surface area contributed by atoms with E-state index in [1.165, 1.54) is 18.4 Å². The summed E-state index contributed by atoms with van der Waals surface area (Å²) in [5, 5.41) is 0. The van der Waals surface area contributed by atoms with E-state index in [9.17, 15) is 0 Å². The van der Waals surface area contributed by atoms with Crippen LogP contribution < -0.4 is 0 Å². The van der Waals surface area contributed by atoms with Gasteiger partial charge in [-0.05, 0) is 31.2 Å². The van der Waals surface area contributed by atoms with Gasteiger partial charge in [-0.3, -0.25) is 0 Å². The second kappa shape index (κ2) is 5.89. The van der Waals surface area contributed by atoms with E-state index in [0.29, 0.717) is 0 Å². The molecule has 0 radical (unpaired) electrons. The molecule has 2 heteroatoms. The molecule has 2 rings (SSSR count). The molecule has 82 valence electrons. The van der Waals surface area contributed by atoms with Crippen molar-refractivity contribution in [3.8, 4) is 0 Å². The quantitative estimate of drug-likeness (QED) is 0.754. The molecule has 0 saturated carbocycles. The minimum absolute atomic E-state index is 0.0439. The summed E-state index contributed by atoms with van der Waals surface area (Å²) < 4.78 is 11.2. The van der Waals surface area contributed by atoms with Crippen LogP contribution in [0.4, 0.5) is 0 Å². The van der Waals surface area contributed by atoms with Gasteiger partial charge >= 0.3 is 0 Å². The van der Waals surface area contributed by atoms with Crippen LogP contribution in [-0.4, -0.2) is 19.5 Å². The first-order chi connectivity index (χ1) is 7.45. The Morgan fingerprint density at radius 3 is 2.80 bits per heavy atom. The Kier molecular flexibility index (Phi) is 4.18. The first-order valence-electron chi connectivity index (χ1n) is 5.72. The average molecular weight is 206 g/mol. The van der Waals surface area contributed by atoms with Crippen molar-refractivity contribution in [1.82, 2.24) is 0 Å². The van der Waals surface area contributed by atoms with E-state index in [1.807, 2.05) is 6.07 Å². The minimum atomic E-state index is 0.0439. The molecule has 0 aromatic heterocycles. The maximum absolute atomic E-state index is 5.66. The zero-order valence-corrected chi connectivity index (χ0v) is 9.02. The summed E-state index contributed by atoms with van der Waals surface area (Å²) in [5.41, 5.74) is 1.33. The van der Waals surface area contributed by atoms with Gasteiger partial charge in [0.1, 0.15) is 0 Å². The number of ether oxygens (including phenoxy) is 2. The topological polar surface area (TPSA) is 18.5 Å². The largest absolute Gasteiger partial charge is 0.353 e. The first-order valence-corrected chi connectivity index (χ1v) is 5.72. The standard InChI is InChI=1S/C13H18O2/c1-2-6-12(7-3-1)9-11-15-13-8-4-5-10-14-13/h1-3,6-7,13H,4-5,8-11H2/t13-/m0/s1. The molecule has 2 nitrogen and oxygen atoms in total. The van der Waals surface area contributed by atoms with Gasteiger partial charge in [-0.25, -0.2) is 0 Å². The lowest BCUT2D eigenvalue weighted by Gasteiger charge is -2.22. The Morgan fingerprint density at radius 2 is 2.07 bits per heavy atom. The van der Waals surface area contributed by atoms with Crippen LogP contribution in [0.15, 0.2) is 30.3 Å². The summed E-state index contributed by atoms with van der Waals surface area (Å²) in [6.07, 6.45) is 4.48. The maximum atomic E-state index is 5.66. The summed E-state index contributed by atoms with van der Waals surface area (Å²) in [5.74, 6) is 0. The van der Waals surface area contributed by atoms with Crippen LogP contribution in [0, 0.1) is 0 Å². The summed E-state index contributed by atoms with van der Waals surface area (Å²) in [6, 6.07) is 10.4. The molecule has 0 amide bonds. The lowest BCUT2D eigenvalue weighted by molar-refractivity contribution is -0.161.